The number of carbonyl (C=O) groups excluding carboxylic acids is 1. The fraction of sp³-hybridized carbons (Fsp3) is 0.364. The molecule has 4 nitrogen and oxygen atoms in total. The maximum Gasteiger partial charge on any atom is 0.325 e. The second kappa shape index (κ2) is 6.86. The van der Waals surface area contributed by atoms with Crippen LogP contribution in [0.25, 0.3) is 0 Å². The summed E-state index contributed by atoms with van der Waals surface area (Å²) in [6.07, 6.45) is 0. The number of methoxy groups -OCH3 is 1. The van der Waals surface area contributed by atoms with Gasteiger partial charge in [0, 0.05) is 8.95 Å². The number of anilines is 1. The summed E-state index contributed by atoms with van der Waals surface area (Å²) in [6.45, 7) is 2.28. The molecule has 0 bridgehead atoms. The van der Waals surface area contributed by atoms with E-state index >= 15 is 0 Å². The lowest BCUT2D eigenvalue weighted by atomic mass is 10.3. The van der Waals surface area contributed by atoms with Gasteiger partial charge in [0.25, 0.3) is 0 Å². The third-order valence-corrected chi connectivity index (χ3v) is 3.22. The molecule has 0 spiro atoms. The molecule has 0 unspecified atom stereocenters. The van der Waals surface area contributed by atoms with Gasteiger partial charge in [-0.2, -0.15) is 0 Å². The maximum atomic E-state index is 11.2. The van der Waals surface area contributed by atoms with Crippen molar-refractivity contribution in [1.29, 1.82) is 0 Å². The van der Waals surface area contributed by atoms with E-state index in [-0.39, 0.29) is 12.5 Å². The highest BCUT2D eigenvalue weighted by Crippen LogP contribution is 2.35. The zero-order valence-corrected chi connectivity index (χ0v) is 12.7. The van der Waals surface area contributed by atoms with Gasteiger partial charge in [0.15, 0.2) is 0 Å². The van der Waals surface area contributed by atoms with Crippen molar-refractivity contribution in [2.45, 2.75) is 6.92 Å². The fourth-order valence-electron chi connectivity index (χ4n) is 1.21. The van der Waals surface area contributed by atoms with Crippen LogP contribution in [0.1, 0.15) is 6.92 Å². The van der Waals surface area contributed by atoms with Gasteiger partial charge < -0.3 is 14.8 Å². The van der Waals surface area contributed by atoms with Crippen LogP contribution >= 0.6 is 31.9 Å². The number of carbonyl (C=O) groups is 1. The van der Waals surface area contributed by atoms with E-state index in [1.165, 1.54) is 0 Å². The Hall–Kier alpha value is -0.750. The number of rotatable bonds is 5. The predicted octanol–water partition coefficient (Wildman–Crippen LogP) is 3.20. The number of hydrogen-bond acceptors (Lipinski definition) is 4. The summed E-state index contributed by atoms with van der Waals surface area (Å²) in [7, 11) is 1.60. The number of hydrogen-bond donors (Lipinski definition) is 1. The molecule has 0 saturated heterocycles. The molecule has 0 radical (unpaired) electrons. The monoisotopic (exact) mass is 365 g/mol. The molecule has 0 aromatic heterocycles. The Labute approximate surface area is 117 Å². The highest BCUT2D eigenvalue weighted by atomic mass is 79.9. The summed E-state index contributed by atoms with van der Waals surface area (Å²) >= 11 is 6.81. The van der Waals surface area contributed by atoms with Gasteiger partial charge in [-0.1, -0.05) is 0 Å². The van der Waals surface area contributed by atoms with Gasteiger partial charge in [0.2, 0.25) is 0 Å². The lowest BCUT2D eigenvalue weighted by Crippen LogP contribution is -2.17. The van der Waals surface area contributed by atoms with Crippen LogP contribution < -0.4 is 10.1 Å². The van der Waals surface area contributed by atoms with Gasteiger partial charge in [-0.15, -0.1) is 0 Å². The van der Waals surface area contributed by atoms with Crippen LogP contribution in [0.15, 0.2) is 21.1 Å². The highest BCUT2D eigenvalue weighted by Gasteiger charge is 2.09. The average Bonchev–Trinajstić information content (AvgIpc) is 2.28. The summed E-state index contributed by atoms with van der Waals surface area (Å²) in [5, 5.41) is 2.99. The van der Waals surface area contributed by atoms with E-state index in [4.69, 9.17) is 9.47 Å². The molecular weight excluding hydrogens is 354 g/mol. The normalized spacial score (nSPS) is 9.88. The third-order valence-electron chi connectivity index (χ3n) is 1.97. The molecule has 6 heteroatoms. The predicted molar refractivity (Wildman–Crippen MR) is 73.5 cm³/mol. The van der Waals surface area contributed by atoms with E-state index in [2.05, 4.69) is 37.2 Å². The third kappa shape index (κ3) is 4.20. The van der Waals surface area contributed by atoms with Crippen LogP contribution in [0.5, 0.6) is 5.75 Å². The molecule has 94 valence electrons. The van der Waals surface area contributed by atoms with Gasteiger partial charge >= 0.3 is 5.97 Å². The summed E-state index contributed by atoms with van der Waals surface area (Å²) < 4.78 is 11.6. The first-order valence-corrected chi connectivity index (χ1v) is 6.59. The van der Waals surface area contributed by atoms with Crippen molar-refractivity contribution in [2.24, 2.45) is 0 Å². The molecule has 17 heavy (non-hydrogen) atoms. The molecule has 1 rings (SSSR count). The zero-order valence-electron chi connectivity index (χ0n) is 9.55. The first-order valence-electron chi connectivity index (χ1n) is 5.01. The lowest BCUT2D eigenvalue weighted by molar-refractivity contribution is -0.140. The standard InChI is InChI=1S/C11H13Br2NO3/c1-3-17-10(15)6-14-11-8(12)4-7(16-2)5-9(11)13/h4-5,14H,3,6H2,1-2H3. The minimum absolute atomic E-state index is 0.122. The van der Waals surface area contributed by atoms with Crippen LogP contribution in [0.2, 0.25) is 0 Å². The molecule has 0 atom stereocenters. The van der Waals surface area contributed by atoms with Gasteiger partial charge in [0.1, 0.15) is 12.3 Å². The quantitative estimate of drug-likeness (QED) is 0.813. The van der Waals surface area contributed by atoms with E-state index in [1.807, 2.05) is 12.1 Å². The summed E-state index contributed by atoms with van der Waals surface area (Å²) in [6, 6.07) is 3.64. The smallest absolute Gasteiger partial charge is 0.325 e. The molecule has 0 amide bonds. The van der Waals surface area contributed by atoms with E-state index in [0.717, 1.165) is 20.4 Å². The second-order valence-electron chi connectivity index (χ2n) is 3.12. The molecule has 0 fully saturated rings. The van der Waals surface area contributed by atoms with E-state index in [0.29, 0.717) is 6.61 Å². The van der Waals surface area contributed by atoms with Crippen molar-refractivity contribution >= 4 is 43.5 Å². The second-order valence-corrected chi connectivity index (χ2v) is 4.83. The largest absolute Gasteiger partial charge is 0.497 e. The van der Waals surface area contributed by atoms with Crippen molar-refractivity contribution in [2.75, 3.05) is 25.6 Å². The molecule has 1 aromatic rings. The van der Waals surface area contributed by atoms with Crippen LogP contribution in [0.4, 0.5) is 5.69 Å². The van der Waals surface area contributed by atoms with Crippen LogP contribution in [0.3, 0.4) is 0 Å². The van der Waals surface area contributed by atoms with E-state index < -0.39 is 0 Å². The molecular formula is C11H13Br2NO3. The summed E-state index contributed by atoms with van der Waals surface area (Å²) in [5.74, 6) is 0.438. The lowest BCUT2D eigenvalue weighted by Gasteiger charge is -2.11. The van der Waals surface area contributed by atoms with Crippen LogP contribution in [-0.2, 0) is 9.53 Å². The van der Waals surface area contributed by atoms with Crippen LogP contribution in [-0.4, -0.2) is 26.2 Å². The molecule has 1 N–H and O–H groups in total. The van der Waals surface area contributed by atoms with Gasteiger partial charge in [-0.05, 0) is 50.9 Å². The van der Waals surface area contributed by atoms with Gasteiger partial charge in [-0.25, -0.2) is 0 Å². The number of ether oxygens (including phenoxy) is 2. The first-order chi connectivity index (χ1) is 8.08. The Bertz CT molecular complexity index is 387. The Morgan fingerprint density at radius 2 is 1.94 bits per heavy atom. The SMILES string of the molecule is CCOC(=O)CNc1c(Br)cc(OC)cc1Br. The summed E-state index contributed by atoms with van der Waals surface area (Å²) in [4.78, 5) is 11.2. The molecule has 0 heterocycles. The number of esters is 1. The molecule has 0 aliphatic carbocycles. The van der Waals surface area contributed by atoms with Crippen molar-refractivity contribution in [3.8, 4) is 5.75 Å². The fourth-order valence-corrected chi connectivity index (χ4v) is 2.63. The van der Waals surface area contributed by atoms with Crippen molar-refractivity contribution < 1.29 is 14.3 Å². The maximum absolute atomic E-state index is 11.2. The molecule has 0 aliphatic heterocycles. The van der Waals surface area contributed by atoms with Crippen molar-refractivity contribution in [1.82, 2.24) is 0 Å². The zero-order chi connectivity index (χ0) is 12.8. The Kier molecular flexibility index (Phi) is 5.77. The highest BCUT2D eigenvalue weighted by molar-refractivity contribution is 9.11. The average molecular weight is 367 g/mol. The number of halogens is 2. The van der Waals surface area contributed by atoms with Crippen molar-refractivity contribution in [3.05, 3.63) is 21.1 Å². The minimum atomic E-state index is -0.290. The van der Waals surface area contributed by atoms with Crippen molar-refractivity contribution in [3.63, 3.8) is 0 Å². The number of nitrogens with one attached hydrogen (secondary N) is 1. The Morgan fingerprint density at radius 3 is 2.41 bits per heavy atom. The Balaban J connectivity index is 2.74. The topological polar surface area (TPSA) is 47.6 Å². The van der Waals surface area contributed by atoms with E-state index in [1.54, 1.807) is 14.0 Å². The minimum Gasteiger partial charge on any atom is -0.497 e. The van der Waals surface area contributed by atoms with E-state index in [9.17, 15) is 4.79 Å². The molecule has 1 aromatic carbocycles. The van der Waals surface area contributed by atoms with Crippen LogP contribution in [0, 0.1) is 0 Å². The molecule has 0 saturated carbocycles. The number of benzene rings is 1. The summed E-state index contributed by atoms with van der Waals surface area (Å²) in [5.41, 5.74) is 0.791. The van der Waals surface area contributed by atoms with Gasteiger partial charge in [-0.3, -0.25) is 4.79 Å². The van der Waals surface area contributed by atoms with Gasteiger partial charge in [0.05, 0.1) is 19.4 Å². The Morgan fingerprint density at radius 1 is 1.35 bits per heavy atom. The first kappa shape index (κ1) is 14.3. The molecule has 0 aliphatic rings.